The zero-order valence-corrected chi connectivity index (χ0v) is 22.6. The lowest BCUT2D eigenvalue weighted by Crippen LogP contribution is -2.46. The summed E-state index contributed by atoms with van der Waals surface area (Å²) in [6.07, 6.45) is 1.64. The Morgan fingerprint density at radius 1 is 1.10 bits per heavy atom. The first-order chi connectivity index (χ1) is 13.5. The second-order valence-electron chi connectivity index (χ2n) is 10.6. The molecule has 0 spiro atoms. The molecule has 172 valence electrons. The van der Waals surface area contributed by atoms with Crippen LogP contribution in [-0.2, 0) is 14.7 Å². The van der Waals surface area contributed by atoms with E-state index < -0.39 is 25.6 Å². The number of alkyl carbamates (subject to hydrolysis) is 1. The minimum Gasteiger partial charge on any atom is -0.444 e. The van der Waals surface area contributed by atoms with Crippen molar-refractivity contribution in [2.45, 2.75) is 97.0 Å². The number of hydrogen-bond donors (Lipinski definition) is 1. The first kappa shape index (κ1) is 27.1. The summed E-state index contributed by atoms with van der Waals surface area (Å²) in [4.78, 5) is 12.5. The highest BCUT2D eigenvalue weighted by Gasteiger charge is 2.37. The van der Waals surface area contributed by atoms with Crippen molar-refractivity contribution in [1.29, 1.82) is 0 Å². The SMILES string of the molecule is CC(C)(C)OC(=O)N[C@@](C)(CCCCO[Si](C)(C)C(C)(C)C)c1cc(Br)ccc1F. The van der Waals surface area contributed by atoms with Crippen molar-refractivity contribution in [3.63, 3.8) is 0 Å². The van der Waals surface area contributed by atoms with Crippen molar-refractivity contribution in [3.8, 4) is 0 Å². The van der Waals surface area contributed by atoms with E-state index in [4.69, 9.17) is 9.16 Å². The highest BCUT2D eigenvalue weighted by molar-refractivity contribution is 9.10. The molecule has 4 nitrogen and oxygen atoms in total. The van der Waals surface area contributed by atoms with E-state index in [0.717, 1.165) is 17.3 Å². The van der Waals surface area contributed by atoms with Crippen LogP contribution in [0.1, 0.15) is 73.3 Å². The molecule has 1 rings (SSSR count). The van der Waals surface area contributed by atoms with Crippen LogP contribution in [-0.4, -0.2) is 26.6 Å². The van der Waals surface area contributed by atoms with E-state index in [1.165, 1.54) is 6.07 Å². The van der Waals surface area contributed by atoms with Crippen molar-refractivity contribution >= 4 is 30.3 Å². The van der Waals surface area contributed by atoms with E-state index in [9.17, 15) is 9.18 Å². The average molecular weight is 505 g/mol. The summed E-state index contributed by atoms with van der Waals surface area (Å²) in [5, 5.41) is 3.08. The van der Waals surface area contributed by atoms with Gasteiger partial charge >= 0.3 is 6.09 Å². The molecule has 0 aliphatic carbocycles. The van der Waals surface area contributed by atoms with Crippen molar-refractivity contribution in [2.75, 3.05) is 6.61 Å². The number of carbonyl (C=O) groups excluding carboxylic acids is 1. The Kier molecular flexibility index (Phi) is 9.16. The van der Waals surface area contributed by atoms with E-state index in [1.807, 2.05) is 27.7 Å². The Labute approximate surface area is 191 Å². The highest BCUT2D eigenvalue weighted by Crippen LogP contribution is 2.37. The van der Waals surface area contributed by atoms with Crippen molar-refractivity contribution < 1.29 is 18.3 Å². The van der Waals surface area contributed by atoms with Crippen molar-refractivity contribution in [3.05, 3.63) is 34.1 Å². The van der Waals surface area contributed by atoms with Crippen LogP contribution in [0.25, 0.3) is 0 Å². The third kappa shape index (κ3) is 8.31. The topological polar surface area (TPSA) is 47.6 Å². The number of amides is 1. The first-order valence-electron chi connectivity index (χ1n) is 10.6. The summed E-state index contributed by atoms with van der Waals surface area (Å²) in [6.45, 7) is 19.1. The molecule has 0 heterocycles. The standard InChI is InChI=1S/C23H39BrFNO3Si/c1-21(2,3)29-20(27)26-23(7,18-16-17(24)12-13-19(18)25)14-10-11-15-28-30(8,9)22(4,5)6/h12-13,16H,10-11,14-15H2,1-9H3,(H,26,27)/t23-/m0/s1. The maximum atomic E-state index is 14.7. The molecule has 1 amide bonds. The summed E-state index contributed by atoms with van der Waals surface area (Å²) < 4.78 is 27.1. The van der Waals surface area contributed by atoms with E-state index >= 15 is 0 Å². The van der Waals surface area contributed by atoms with Crippen LogP contribution < -0.4 is 5.32 Å². The summed E-state index contributed by atoms with van der Waals surface area (Å²) >= 11 is 3.41. The van der Waals surface area contributed by atoms with Gasteiger partial charge in [-0.15, -0.1) is 0 Å². The molecule has 1 N–H and O–H groups in total. The molecule has 0 fully saturated rings. The van der Waals surface area contributed by atoms with Crippen LogP contribution in [0, 0.1) is 5.82 Å². The number of halogens is 2. The minimum absolute atomic E-state index is 0.166. The third-order valence-corrected chi connectivity index (χ3v) is 10.7. The van der Waals surface area contributed by atoms with Gasteiger partial charge in [-0.25, -0.2) is 9.18 Å². The third-order valence-electron chi connectivity index (χ3n) is 5.64. The molecule has 1 aromatic rings. The average Bonchev–Trinajstić information content (AvgIpc) is 2.53. The fourth-order valence-corrected chi connectivity index (χ4v) is 4.29. The van der Waals surface area contributed by atoms with E-state index in [0.29, 0.717) is 18.6 Å². The predicted molar refractivity (Wildman–Crippen MR) is 128 cm³/mol. The lowest BCUT2D eigenvalue weighted by Gasteiger charge is -2.36. The number of benzene rings is 1. The van der Waals surface area contributed by atoms with Crippen molar-refractivity contribution in [1.82, 2.24) is 5.32 Å². The van der Waals surface area contributed by atoms with Crippen LogP contribution in [0.4, 0.5) is 9.18 Å². The van der Waals surface area contributed by atoms with Crippen LogP contribution in [0.3, 0.4) is 0 Å². The summed E-state index contributed by atoms with van der Waals surface area (Å²) in [6, 6.07) is 4.79. The molecular weight excluding hydrogens is 465 g/mol. The van der Waals surface area contributed by atoms with Gasteiger partial charge in [0.15, 0.2) is 8.32 Å². The highest BCUT2D eigenvalue weighted by atomic mass is 79.9. The molecular formula is C23H39BrFNO3Si. The molecule has 0 saturated carbocycles. The lowest BCUT2D eigenvalue weighted by molar-refractivity contribution is 0.0451. The molecule has 0 saturated heterocycles. The molecule has 0 aliphatic rings. The van der Waals surface area contributed by atoms with E-state index in [-0.39, 0.29) is 10.9 Å². The molecule has 30 heavy (non-hydrogen) atoms. The van der Waals surface area contributed by atoms with Gasteiger partial charge in [0.1, 0.15) is 11.4 Å². The van der Waals surface area contributed by atoms with Gasteiger partial charge in [-0.3, -0.25) is 0 Å². The Bertz CT molecular complexity index is 728. The van der Waals surface area contributed by atoms with E-state index in [1.54, 1.807) is 12.1 Å². The zero-order valence-electron chi connectivity index (χ0n) is 20.0. The Balaban J connectivity index is 2.89. The smallest absolute Gasteiger partial charge is 0.408 e. The van der Waals surface area contributed by atoms with Crippen LogP contribution in [0.5, 0.6) is 0 Å². The predicted octanol–water partition coefficient (Wildman–Crippen LogP) is 7.52. The Hall–Kier alpha value is -0.923. The summed E-state index contributed by atoms with van der Waals surface area (Å²) in [7, 11) is -1.79. The monoisotopic (exact) mass is 503 g/mol. The number of nitrogens with one attached hydrogen (secondary N) is 1. The quantitative estimate of drug-likeness (QED) is 0.294. The van der Waals surface area contributed by atoms with Gasteiger partial charge < -0.3 is 14.5 Å². The van der Waals surface area contributed by atoms with Gasteiger partial charge in [0.25, 0.3) is 0 Å². The normalized spacial score (nSPS) is 14.9. The van der Waals surface area contributed by atoms with Gasteiger partial charge in [0.05, 0.1) is 5.54 Å². The van der Waals surface area contributed by atoms with Gasteiger partial charge in [-0.2, -0.15) is 0 Å². The molecule has 1 atom stereocenters. The molecule has 0 radical (unpaired) electrons. The maximum Gasteiger partial charge on any atom is 0.408 e. The summed E-state index contributed by atoms with van der Waals surface area (Å²) in [5.41, 5.74) is -1.08. The zero-order chi connectivity index (χ0) is 23.4. The number of carbonyl (C=O) groups is 1. The molecule has 1 aromatic carbocycles. The van der Waals surface area contributed by atoms with Gasteiger partial charge in [0.2, 0.25) is 0 Å². The maximum absolute atomic E-state index is 14.7. The second kappa shape index (κ2) is 10.1. The molecule has 0 aliphatic heterocycles. The Morgan fingerprint density at radius 3 is 2.23 bits per heavy atom. The fraction of sp³-hybridized carbons (Fsp3) is 0.696. The molecule has 0 aromatic heterocycles. The number of ether oxygens (including phenoxy) is 1. The first-order valence-corrected chi connectivity index (χ1v) is 14.3. The number of hydrogen-bond acceptors (Lipinski definition) is 3. The summed E-state index contributed by atoms with van der Waals surface area (Å²) in [5.74, 6) is -0.353. The molecule has 0 unspecified atom stereocenters. The van der Waals surface area contributed by atoms with Gasteiger partial charge in [-0.05, 0) is 83.3 Å². The molecule has 7 heteroatoms. The van der Waals surface area contributed by atoms with Crippen LogP contribution >= 0.6 is 15.9 Å². The number of rotatable bonds is 8. The van der Waals surface area contributed by atoms with Gasteiger partial charge in [-0.1, -0.05) is 36.7 Å². The number of unbranched alkanes of at least 4 members (excludes halogenated alkanes) is 1. The van der Waals surface area contributed by atoms with Gasteiger partial charge in [0, 0.05) is 16.6 Å². The van der Waals surface area contributed by atoms with E-state index in [2.05, 4.69) is 55.1 Å². The van der Waals surface area contributed by atoms with Crippen LogP contribution in [0.2, 0.25) is 18.1 Å². The Morgan fingerprint density at radius 2 is 1.70 bits per heavy atom. The van der Waals surface area contributed by atoms with Crippen molar-refractivity contribution in [2.24, 2.45) is 0 Å². The lowest BCUT2D eigenvalue weighted by atomic mass is 9.86. The largest absolute Gasteiger partial charge is 0.444 e. The fourth-order valence-electron chi connectivity index (χ4n) is 2.84. The van der Waals surface area contributed by atoms with Crippen LogP contribution in [0.15, 0.2) is 22.7 Å². The molecule has 0 bridgehead atoms. The minimum atomic E-state index is -1.79. The second-order valence-corrected chi connectivity index (χ2v) is 16.4.